The monoisotopic (exact) mass is 893 g/mol. The molecule has 0 heterocycles. The van der Waals surface area contributed by atoms with Gasteiger partial charge < -0.3 is 39.9 Å². The van der Waals surface area contributed by atoms with E-state index in [9.17, 15) is 39.8 Å². The van der Waals surface area contributed by atoms with E-state index >= 15 is 0 Å². The lowest BCUT2D eigenvalue weighted by Gasteiger charge is -2.41. The number of carbonyl (C=O) groups excluding carboxylic acids is 1. The average Bonchev–Trinajstić information content (AvgIpc) is 3.24. The Labute approximate surface area is 371 Å². The van der Waals surface area contributed by atoms with Crippen molar-refractivity contribution < 1.29 is 58.3 Å². The maximum Gasteiger partial charge on any atom is 0.472 e. The Morgan fingerprint density at radius 3 is 1.25 bits per heavy atom. The minimum absolute atomic E-state index is 0.154. The molecule has 13 heteroatoms. The third kappa shape index (κ3) is 31.4. The van der Waals surface area contributed by atoms with Crippen molar-refractivity contribution in [2.75, 3.05) is 13.2 Å². The summed E-state index contributed by atoms with van der Waals surface area (Å²) in [5, 5.41) is 50.2. The predicted molar refractivity (Wildman–Crippen MR) is 244 cm³/mol. The molecule has 61 heavy (non-hydrogen) atoms. The lowest BCUT2D eigenvalue weighted by molar-refractivity contribution is -0.220. The van der Waals surface area contributed by atoms with E-state index in [2.05, 4.69) is 13.8 Å². The van der Waals surface area contributed by atoms with E-state index in [1.807, 2.05) is 6.08 Å². The number of phosphoric acid groups is 1. The summed E-state index contributed by atoms with van der Waals surface area (Å²) < 4.78 is 34.0. The maximum absolute atomic E-state index is 12.8. The van der Waals surface area contributed by atoms with Crippen molar-refractivity contribution in [1.29, 1.82) is 0 Å². The topological polar surface area (TPSA) is 192 Å². The molecule has 1 rings (SSSR count). The van der Waals surface area contributed by atoms with Gasteiger partial charge in [-0.25, -0.2) is 4.57 Å². The summed E-state index contributed by atoms with van der Waals surface area (Å²) in [6.45, 7) is 3.76. The van der Waals surface area contributed by atoms with Gasteiger partial charge >= 0.3 is 13.8 Å². The normalized spacial score (nSPS) is 22.1. The van der Waals surface area contributed by atoms with Gasteiger partial charge in [0.1, 0.15) is 43.2 Å². The molecule has 0 spiro atoms. The molecule has 6 unspecified atom stereocenters. The molecule has 0 radical (unpaired) electrons. The highest BCUT2D eigenvalue weighted by Crippen LogP contribution is 2.47. The van der Waals surface area contributed by atoms with Gasteiger partial charge in [0.15, 0.2) is 6.10 Å². The van der Waals surface area contributed by atoms with Gasteiger partial charge in [0.25, 0.3) is 0 Å². The maximum atomic E-state index is 12.8. The Hall–Kier alpha value is -1.08. The third-order valence-corrected chi connectivity index (χ3v) is 13.0. The van der Waals surface area contributed by atoms with Gasteiger partial charge in [-0.3, -0.25) is 13.8 Å². The number of aliphatic hydroxyl groups is 5. The Bertz CT molecular complexity index is 1060. The molecule has 0 aromatic rings. The van der Waals surface area contributed by atoms with Crippen LogP contribution in [0.25, 0.3) is 0 Å². The SMILES string of the molecule is CCCCCCCCCCCCCCCC/C=C\OC[C@H](COP(=O)(O)OC1C(O)C(O)C(O)[C@@H](O)C1O)OC(=O)CCCCCCCCCCCCCCCCCCCC. The van der Waals surface area contributed by atoms with Crippen LogP contribution in [0.1, 0.15) is 232 Å². The van der Waals surface area contributed by atoms with Crippen LogP contribution in [-0.2, 0) is 27.9 Å². The van der Waals surface area contributed by atoms with E-state index in [1.54, 1.807) is 0 Å². The number of phosphoric ester groups is 1. The summed E-state index contributed by atoms with van der Waals surface area (Å²) in [6.07, 6.45) is 32.2. The molecule has 6 N–H and O–H groups in total. The predicted octanol–water partition coefficient (Wildman–Crippen LogP) is 11.1. The van der Waals surface area contributed by atoms with E-state index in [1.165, 1.54) is 173 Å². The van der Waals surface area contributed by atoms with Crippen molar-refractivity contribution in [3.63, 3.8) is 0 Å². The molecule has 1 aliphatic carbocycles. The molecule has 1 aliphatic rings. The molecule has 12 nitrogen and oxygen atoms in total. The van der Waals surface area contributed by atoms with Crippen LogP contribution in [0.15, 0.2) is 12.3 Å². The first kappa shape index (κ1) is 57.9. The highest BCUT2D eigenvalue weighted by molar-refractivity contribution is 7.47. The third-order valence-electron chi connectivity index (χ3n) is 12.0. The number of hydrogen-bond donors (Lipinski definition) is 6. The number of esters is 1. The number of allylic oxidation sites excluding steroid dienone is 1. The first-order chi connectivity index (χ1) is 29.5. The van der Waals surface area contributed by atoms with Crippen molar-refractivity contribution >= 4 is 13.8 Å². The zero-order valence-electron chi connectivity index (χ0n) is 38.7. The smallest absolute Gasteiger partial charge is 0.472 e. The van der Waals surface area contributed by atoms with Crippen LogP contribution in [0, 0.1) is 0 Å². The van der Waals surface area contributed by atoms with Crippen molar-refractivity contribution in [1.82, 2.24) is 0 Å². The summed E-state index contributed by atoms with van der Waals surface area (Å²) >= 11 is 0. The molecular formula is C48H93O12P. The van der Waals surface area contributed by atoms with Crippen LogP contribution in [0.4, 0.5) is 0 Å². The van der Waals surface area contributed by atoms with E-state index in [0.717, 1.165) is 38.5 Å². The van der Waals surface area contributed by atoms with Gasteiger partial charge in [-0.1, -0.05) is 206 Å². The molecular weight excluding hydrogens is 799 g/mol. The Morgan fingerprint density at radius 2 is 0.852 bits per heavy atom. The summed E-state index contributed by atoms with van der Waals surface area (Å²) in [7, 11) is -5.03. The van der Waals surface area contributed by atoms with Crippen LogP contribution in [0.2, 0.25) is 0 Å². The van der Waals surface area contributed by atoms with Gasteiger partial charge in [-0.15, -0.1) is 0 Å². The van der Waals surface area contributed by atoms with Gasteiger partial charge in [0, 0.05) is 6.42 Å². The second-order valence-corrected chi connectivity index (χ2v) is 19.2. The van der Waals surface area contributed by atoms with Crippen molar-refractivity contribution in [3.8, 4) is 0 Å². The summed E-state index contributed by atoms with van der Waals surface area (Å²) in [6, 6.07) is 0. The van der Waals surface area contributed by atoms with E-state index in [4.69, 9.17) is 18.5 Å². The highest BCUT2D eigenvalue weighted by Gasteiger charge is 2.51. The number of rotatable bonds is 43. The van der Waals surface area contributed by atoms with Crippen LogP contribution in [0.5, 0.6) is 0 Å². The molecule has 0 saturated heterocycles. The minimum atomic E-state index is -5.03. The van der Waals surface area contributed by atoms with Gasteiger partial charge in [0.05, 0.1) is 12.9 Å². The van der Waals surface area contributed by atoms with Crippen LogP contribution >= 0.6 is 7.82 Å². The fourth-order valence-corrected chi connectivity index (χ4v) is 8.94. The van der Waals surface area contributed by atoms with Gasteiger partial charge in [0.2, 0.25) is 0 Å². The largest absolute Gasteiger partial charge is 0.498 e. The number of hydrogen-bond acceptors (Lipinski definition) is 11. The molecule has 0 bridgehead atoms. The van der Waals surface area contributed by atoms with Gasteiger partial charge in [-0.2, -0.15) is 0 Å². The quantitative estimate of drug-likeness (QED) is 0.0147. The van der Waals surface area contributed by atoms with Crippen LogP contribution in [0.3, 0.4) is 0 Å². The Morgan fingerprint density at radius 1 is 0.508 bits per heavy atom. The van der Waals surface area contributed by atoms with Crippen molar-refractivity contribution in [2.45, 2.75) is 275 Å². The van der Waals surface area contributed by atoms with E-state index in [0.29, 0.717) is 6.42 Å². The fraction of sp³-hybridized carbons (Fsp3) is 0.938. The molecule has 0 aromatic heterocycles. The molecule has 0 aromatic carbocycles. The van der Waals surface area contributed by atoms with Gasteiger partial charge in [-0.05, 0) is 25.3 Å². The van der Waals surface area contributed by atoms with E-state index in [-0.39, 0.29) is 13.0 Å². The molecule has 1 saturated carbocycles. The fourth-order valence-electron chi connectivity index (χ4n) is 7.97. The number of unbranched alkanes of at least 4 members (excludes halogenated alkanes) is 31. The Kier molecular flexibility index (Phi) is 37.3. The lowest BCUT2D eigenvalue weighted by atomic mass is 9.85. The highest BCUT2D eigenvalue weighted by atomic mass is 31.2. The number of ether oxygens (including phenoxy) is 2. The second-order valence-electron chi connectivity index (χ2n) is 17.7. The second kappa shape index (κ2) is 39.3. The van der Waals surface area contributed by atoms with Crippen LogP contribution < -0.4 is 0 Å². The molecule has 8 atom stereocenters. The lowest BCUT2D eigenvalue weighted by Crippen LogP contribution is -2.64. The minimum Gasteiger partial charge on any atom is -0.498 e. The number of aliphatic hydroxyl groups excluding tert-OH is 5. The Balaban J connectivity index is 2.37. The molecule has 0 amide bonds. The van der Waals surface area contributed by atoms with Crippen molar-refractivity contribution in [3.05, 3.63) is 12.3 Å². The molecule has 0 aliphatic heterocycles. The van der Waals surface area contributed by atoms with Crippen LogP contribution in [-0.4, -0.2) is 92.3 Å². The first-order valence-electron chi connectivity index (χ1n) is 25.1. The molecule has 1 fully saturated rings. The summed E-state index contributed by atoms with van der Waals surface area (Å²) in [4.78, 5) is 23.2. The first-order valence-corrected chi connectivity index (χ1v) is 26.6. The summed E-state index contributed by atoms with van der Waals surface area (Å²) in [5.41, 5.74) is 0. The van der Waals surface area contributed by atoms with E-state index < -0.39 is 63.1 Å². The van der Waals surface area contributed by atoms with Crippen molar-refractivity contribution in [2.24, 2.45) is 0 Å². The zero-order valence-corrected chi connectivity index (χ0v) is 39.6. The average molecular weight is 893 g/mol. The summed E-state index contributed by atoms with van der Waals surface area (Å²) in [5.74, 6) is -0.493. The standard InChI is InChI=1S/C48H93O12P/c1-3-5-7-9-11-13-15-17-19-21-22-23-25-27-29-31-33-35-37-42(49)59-41(40-58-61(55,56)60-48-46(53)44(51)43(50)45(52)47(48)54)39-57-38-36-34-32-30-28-26-24-20-18-16-14-12-10-8-6-4-2/h36,38,41,43-48,50-54H,3-35,37,39-40H2,1-2H3,(H,55,56)/b38-36-/t41-,43?,44-,45?,46?,47?,48?/m1/s1. The molecule has 362 valence electrons. The number of carbonyl (C=O) groups is 1. The zero-order chi connectivity index (χ0) is 44.8.